The molecule has 0 aromatic carbocycles. The number of hydrogen-bond acceptors (Lipinski definition) is 4. The maximum Gasteiger partial charge on any atom is 0.0564 e. The van der Waals surface area contributed by atoms with E-state index in [1.165, 1.54) is 0 Å². The van der Waals surface area contributed by atoms with E-state index in [9.17, 15) is 5.11 Å². The van der Waals surface area contributed by atoms with Gasteiger partial charge in [-0.2, -0.15) is 0 Å². The Morgan fingerprint density at radius 3 is 2.87 bits per heavy atom. The molecule has 1 aliphatic rings. The zero-order valence-corrected chi connectivity index (χ0v) is 8.76. The Labute approximate surface area is 89.7 Å². The van der Waals surface area contributed by atoms with Crippen molar-refractivity contribution in [1.82, 2.24) is 9.88 Å². The Bertz CT molecular complexity index is 321. The molecule has 0 atom stereocenters. The Morgan fingerprint density at radius 2 is 2.20 bits per heavy atom. The molecule has 3 N–H and O–H groups in total. The van der Waals surface area contributed by atoms with Crippen molar-refractivity contribution in [3.63, 3.8) is 0 Å². The molecular formula is C11H17N3O. The van der Waals surface area contributed by atoms with Gasteiger partial charge in [0.25, 0.3) is 0 Å². The van der Waals surface area contributed by atoms with Gasteiger partial charge in [-0.05, 0) is 24.5 Å². The van der Waals surface area contributed by atoms with Gasteiger partial charge in [0.15, 0.2) is 0 Å². The summed E-state index contributed by atoms with van der Waals surface area (Å²) in [4.78, 5) is 6.28. The van der Waals surface area contributed by atoms with Gasteiger partial charge in [-0.15, -0.1) is 0 Å². The fourth-order valence-electron chi connectivity index (χ4n) is 1.90. The Hall–Kier alpha value is -1.13. The largest absolute Gasteiger partial charge is 0.397 e. The van der Waals surface area contributed by atoms with E-state index < -0.39 is 0 Å². The average Bonchev–Trinajstić information content (AvgIpc) is 2.25. The Balaban J connectivity index is 1.95. The van der Waals surface area contributed by atoms with E-state index in [2.05, 4.69) is 9.88 Å². The van der Waals surface area contributed by atoms with Gasteiger partial charge < -0.3 is 10.8 Å². The number of likely N-dealkylation sites (tertiary alicyclic amines) is 1. The van der Waals surface area contributed by atoms with Crippen molar-refractivity contribution in [2.75, 3.05) is 18.8 Å². The van der Waals surface area contributed by atoms with E-state index in [0.29, 0.717) is 0 Å². The first kappa shape index (κ1) is 10.4. The summed E-state index contributed by atoms with van der Waals surface area (Å²) in [6, 6.07) is 1.96. The normalized spacial score (nSPS) is 19.3. The number of anilines is 1. The molecule has 0 unspecified atom stereocenters. The van der Waals surface area contributed by atoms with Crippen LogP contribution < -0.4 is 5.73 Å². The maximum absolute atomic E-state index is 9.39. The zero-order valence-electron chi connectivity index (χ0n) is 8.76. The Morgan fingerprint density at radius 1 is 1.47 bits per heavy atom. The molecular weight excluding hydrogens is 190 g/mol. The molecule has 0 saturated carbocycles. The lowest BCUT2D eigenvalue weighted by Gasteiger charge is -2.29. The topological polar surface area (TPSA) is 62.4 Å². The standard InChI is InChI=1S/C11H17N3O/c12-11-7-13-4-1-9(11)8-14-5-2-10(15)3-6-14/h1,4,7,10,15H,2-3,5-6,8,12H2. The van der Waals surface area contributed by atoms with E-state index in [4.69, 9.17) is 5.73 Å². The smallest absolute Gasteiger partial charge is 0.0564 e. The molecule has 1 aromatic heterocycles. The quantitative estimate of drug-likeness (QED) is 0.746. The van der Waals surface area contributed by atoms with Gasteiger partial charge >= 0.3 is 0 Å². The predicted molar refractivity (Wildman–Crippen MR) is 59.2 cm³/mol. The molecule has 0 amide bonds. The molecule has 1 saturated heterocycles. The third kappa shape index (κ3) is 2.67. The van der Waals surface area contributed by atoms with Crippen LogP contribution in [0.15, 0.2) is 18.5 Å². The van der Waals surface area contributed by atoms with Gasteiger partial charge in [-0.3, -0.25) is 9.88 Å². The van der Waals surface area contributed by atoms with E-state index in [0.717, 1.165) is 43.7 Å². The summed E-state index contributed by atoms with van der Waals surface area (Å²) in [7, 11) is 0. The predicted octanol–water partition coefficient (Wildman–Crippen LogP) is 0.620. The third-order valence-corrected chi connectivity index (χ3v) is 2.90. The molecule has 82 valence electrons. The van der Waals surface area contributed by atoms with Crippen molar-refractivity contribution in [2.24, 2.45) is 0 Å². The molecule has 2 rings (SSSR count). The second-order valence-electron chi connectivity index (χ2n) is 4.08. The molecule has 0 bridgehead atoms. The molecule has 1 aromatic rings. The van der Waals surface area contributed by atoms with Crippen molar-refractivity contribution in [2.45, 2.75) is 25.5 Å². The van der Waals surface area contributed by atoms with Gasteiger partial charge in [0.2, 0.25) is 0 Å². The lowest BCUT2D eigenvalue weighted by molar-refractivity contribution is 0.0793. The minimum atomic E-state index is -0.115. The highest BCUT2D eigenvalue weighted by Crippen LogP contribution is 2.16. The van der Waals surface area contributed by atoms with E-state index in [-0.39, 0.29) is 6.10 Å². The Kier molecular flexibility index (Phi) is 3.18. The molecule has 1 fully saturated rings. The van der Waals surface area contributed by atoms with Crippen LogP contribution in [-0.2, 0) is 6.54 Å². The highest BCUT2D eigenvalue weighted by Gasteiger charge is 2.17. The second kappa shape index (κ2) is 4.59. The monoisotopic (exact) mass is 207 g/mol. The van der Waals surface area contributed by atoms with Crippen molar-refractivity contribution in [1.29, 1.82) is 0 Å². The van der Waals surface area contributed by atoms with Crippen molar-refractivity contribution >= 4 is 5.69 Å². The average molecular weight is 207 g/mol. The van der Waals surface area contributed by atoms with Crippen LogP contribution in [0.1, 0.15) is 18.4 Å². The summed E-state index contributed by atoms with van der Waals surface area (Å²) in [5.41, 5.74) is 7.71. The molecule has 15 heavy (non-hydrogen) atoms. The summed E-state index contributed by atoms with van der Waals surface area (Å²) < 4.78 is 0. The summed E-state index contributed by atoms with van der Waals surface area (Å²) >= 11 is 0. The fourth-order valence-corrected chi connectivity index (χ4v) is 1.90. The van der Waals surface area contributed by atoms with Gasteiger partial charge in [-0.1, -0.05) is 0 Å². The fraction of sp³-hybridized carbons (Fsp3) is 0.545. The van der Waals surface area contributed by atoms with Crippen LogP contribution in [0.4, 0.5) is 5.69 Å². The lowest BCUT2D eigenvalue weighted by atomic mass is 10.1. The number of aromatic nitrogens is 1. The lowest BCUT2D eigenvalue weighted by Crippen LogP contribution is -2.35. The molecule has 4 heteroatoms. The van der Waals surface area contributed by atoms with Crippen LogP contribution in [0.3, 0.4) is 0 Å². The van der Waals surface area contributed by atoms with E-state index in [1.807, 2.05) is 6.07 Å². The third-order valence-electron chi connectivity index (χ3n) is 2.90. The maximum atomic E-state index is 9.39. The highest BCUT2D eigenvalue weighted by molar-refractivity contribution is 5.43. The number of nitrogens with two attached hydrogens (primary N) is 1. The molecule has 0 spiro atoms. The number of rotatable bonds is 2. The van der Waals surface area contributed by atoms with Crippen LogP contribution >= 0.6 is 0 Å². The van der Waals surface area contributed by atoms with Gasteiger partial charge in [0.05, 0.1) is 18.0 Å². The number of aliphatic hydroxyl groups excluding tert-OH is 1. The van der Waals surface area contributed by atoms with Crippen LogP contribution in [0.25, 0.3) is 0 Å². The molecule has 0 radical (unpaired) electrons. The first-order chi connectivity index (χ1) is 7.25. The summed E-state index contributed by atoms with van der Waals surface area (Å²) in [5.74, 6) is 0. The van der Waals surface area contributed by atoms with Crippen LogP contribution in [0, 0.1) is 0 Å². The van der Waals surface area contributed by atoms with Gasteiger partial charge in [0.1, 0.15) is 0 Å². The highest BCUT2D eigenvalue weighted by atomic mass is 16.3. The van der Waals surface area contributed by atoms with Crippen molar-refractivity contribution in [3.8, 4) is 0 Å². The summed E-state index contributed by atoms with van der Waals surface area (Å²) in [6.45, 7) is 2.76. The van der Waals surface area contributed by atoms with Crippen molar-refractivity contribution < 1.29 is 5.11 Å². The first-order valence-electron chi connectivity index (χ1n) is 5.34. The van der Waals surface area contributed by atoms with E-state index in [1.54, 1.807) is 12.4 Å². The van der Waals surface area contributed by atoms with Crippen LogP contribution in [0.5, 0.6) is 0 Å². The molecule has 0 aliphatic carbocycles. The molecule has 2 heterocycles. The number of nitrogens with zero attached hydrogens (tertiary/aromatic N) is 2. The van der Waals surface area contributed by atoms with Crippen molar-refractivity contribution in [3.05, 3.63) is 24.0 Å². The van der Waals surface area contributed by atoms with Gasteiger partial charge in [0, 0.05) is 25.8 Å². The summed E-state index contributed by atoms with van der Waals surface area (Å²) in [5, 5.41) is 9.39. The number of nitrogen functional groups attached to an aromatic ring is 1. The van der Waals surface area contributed by atoms with Gasteiger partial charge in [-0.25, -0.2) is 0 Å². The van der Waals surface area contributed by atoms with E-state index >= 15 is 0 Å². The summed E-state index contributed by atoms with van der Waals surface area (Å²) in [6.07, 6.45) is 5.07. The number of pyridine rings is 1. The second-order valence-corrected chi connectivity index (χ2v) is 4.08. The van der Waals surface area contributed by atoms with Crippen LogP contribution in [-0.4, -0.2) is 34.2 Å². The molecule has 1 aliphatic heterocycles. The molecule has 4 nitrogen and oxygen atoms in total. The minimum Gasteiger partial charge on any atom is -0.397 e. The number of piperidine rings is 1. The minimum absolute atomic E-state index is 0.115. The number of aliphatic hydroxyl groups is 1. The number of hydrogen-bond donors (Lipinski definition) is 2. The zero-order chi connectivity index (χ0) is 10.7. The van der Waals surface area contributed by atoms with Crippen LogP contribution in [0.2, 0.25) is 0 Å². The first-order valence-corrected chi connectivity index (χ1v) is 5.34. The SMILES string of the molecule is Nc1cnccc1CN1CCC(O)CC1.